The van der Waals surface area contributed by atoms with Crippen LogP contribution in [0.5, 0.6) is 0 Å². The molecule has 1 aromatic carbocycles. The second kappa shape index (κ2) is 5.14. The Morgan fingerprint density at radius 3 is 2.26 bits per heavy atom. The lowest BCUT2D eigenvalue weighted by Crippen LogP contribution is -2.17. The number of nitrogens with two attached hydrogens (primary N) is 1. The van der Waals surface area contributed by atoms with Crippen LogP contribution in [0.3, 0.4) is 0 Å². The molecule has 0 aliphatic rings. The molecule has 8 heteroatoms. The zero-order valence-corrected chi connectivity index (χ0v) is 11.0. The second-order valence-corrected chi connectivity index (χ2v) is 4.56. The number of benzene rings is 1. The van der Waals surface area contributed by atoms with Gasteiger partial charge in [0, 0.05) is 10.0 Å². The minimum absolute atomic E-state index is 0.124. The number of rotatable bonds is 2. The van der Waals surface area contributed by atoms with Crippen LogP contribution in [0.1, 0.15) is 5.56 Å². The number of aromatic nitrogens is 2. The predicted octanol–water partition coefficient (Wildman–Crippen LogP) is 3.21. The summed E-state index contributed by atoms with van der Waals surface area (Å²) in [5.41, 5.74) is 1.59. The average molecular weight is 333 g/mol. The van der Waals surface area contributed by atoms with E-state index in [1.165, 1.54) is 0 Å². The van der Waals surface area contributed by atoms with Crippen molar-refractivity contribution in [2.45, 2.75) is 6.18 Å². The maximum Gasteiger partial charge on any atom is 0.420 e. The molecule has 0 fully saturated rings. The molecule has 0 spiro atoms. The highest BCUT2D eigenvalue weighted by molar-refractivity contribution is 9.10. The van der Waals surface area contributed by atoms with Crippen molar-refractivity contribution in [3.8, 4) is 11.3 Å². The molecule has 0 atom stereocenters. The van der Waals surface area contributed by atoms with E-state index in [-0.39, 0.29) is 5.69 Å². The summed E-state index contributed by atoms with van der Waals surface area (Å²) >= 11 is 3.24. The molecule has 0 saturated carbocycles. The molecule has 0 saturated heterocycles. The number of halogens is 4. The lowest BCUT2D eigenvalue weighted by Gasteiger charge is -2.12. The third kappa shape index (κ3) is 3.02. The van der Waals surface area contributed by atoms with Crippen molar-refractivity contribution in [2.24, 2.45) is 5.84 Å². The van der Waals surface area contributed by atoms with E-state index >= 15 is 0 Å². The van der Waals surface area contributed by atoms with E-state index in [0.29, 0.717) is 5.56 Å². The summed E-state index contributed by atoms with van der Waals surface area (Å²) in [5, 5.41) is 7.16. The predicted molar refractivity (Wildman–Crippen MR) is 68.0 cm³/mol. The number of hydrogen-bond donors (Lipinski definition) is 2. The SMILES string of the molecule is NNc1nnc(-c2ccc(Br)cc2)cc1C(F)(F)F. The van der Waals surface area contributed by atoms with Crippen LogP contribution in [0, 0.1) is 0 Å². The number of anilines is 1. The number of nitrogens with one attached hydrogen (secondary N) is 1. The van der Waals surface area contributed by atoms with Crippen LogP contribution < -0.4 is 11.3 Å². The van der Waals surface area contributed by atoms with Gasteiger partial charge in [-0.2, -0.15) is 13.2 Å². The Kier molecular flexibility index (Phi) is 3.72. The van der Waals surface area contributed by atoms with Gasteiger partial charge in [-0.3, -0.25) is 0 Å². The number of hydrogen-bond acceptors (Lipinski definition) is 4. The first kappa shape index (κ1) is 13.8. The minimum Gasteiger partial charge on any atom is -0.306 e. The van der Waals surface area contributed by atoms with Gasteiger partial charge in [0.1, 0.15) is 5.56 Å². The molecule has 0 amide bonds. The zero-order chi connectivity index (χ0) is 14.0. The van der Waals surface area contributed by atoms with Gasteiger partial charge in [-0.1, -0.05) is 28.1 Å². The fraction of sp³-hybridized carbons (Fsp3) is 0.0909. The molecule has 0 bridgehead atoms. The normalized spacial score (nSPS) is 11.4. The smallest absolute Gasteiger partial charge is 0.306 e. The van der Waals surface area contributed by atoms with Crippen LogP contribution in [-0.2, 0) is 6.18 Å². The molecule has 0 aliphatic carbocycles. The van der Waals surface area contributed by atoms with E-state index in [2.05, 4.69) is 26.1 Å². The van der Waals surface area contributed by atoms with E-state index in [0.717, 1.165) is 10.5 Å². The van der Waals surface area contributed by atoms with E-state index < -0.39 is 17.6 Å². The Hall–Kier alpha value is -1.67. The van der Waals surface area contributed by atoms with Crippen LogP contribution in [0.2, 0.25) is 0 Å². The Labute approximate surface area is 114 Å². The highest BCUT2D eigenvalue weighted by Gasteiger charge is 2.35. The van der Waals surface area contributed by atoms with Crippen molar-refractivity contribution in [1.82, 2.24) is 10.2 Å². The largest absolute Gasteiger partial charge is 0.420 e. The van der Waals surface area contributed by atoms with E-state index in [4.69, 9.17) is 5.84 Å². The molecular weight excluding hydrogens is 325 g/mol. The van der Waals surface area contributed by atoms with E-state index in [9.17, 15) is 13.2 Å². The van der Waals surface area contributed by atoms with E-state index in [1.54, 1.807) is 24.3 Å². The number of alkyl halides is 3. The molecule has 1 aromatic heterocycles. The molecule has 19 heavy (non-hydrogen) atoms. The Balaban J connectivity index is 2.52. The number of nitrogens with zero attached hydrogens (tertiary/aromatic N) is 2. The molecule has 2 rings (SSSR count). The molecule has 3 N–H and O–H groups in total. The highest BCUT2D eigenvalue weighted by atomic mass is 79.9. The van der Waals surface area contributed by atoms with Gasteiger partial charge in [0.15, 0.2) is 5.82 Å². The van der Waals surface area contributed by atoms with Crippen LogP contribution >= 0.6 is 15.9 Å². The Morgan fingerprint density at radius 1 is 1.11 bits per heavy atom. The lowest BCUT2D eigenvalue weighted by molar-refractivity contribution is -0.137. The number of hydrazine groups is 1. The van der Waals surface area contributed by atoms with Crippen LogP contribution in [0.4, 0.5) is 19.0 Å². The summed E-state index contributed by atoms with van der Waals surface area (Å²) in [5.74, 6) is 4.49. The Morgan fingerprint density at radius 2 is 1.74 bits per heavy atom. The van der Waals surface area contributed by atoms with Gasteiger partial charge in [-0.05, 0) is 18.2 Å². The zero-order valence-electron chi connectivity index (χ0n) is 9.37. The van der Waals surface area contributed by atoms with Crippen molar-refractivity contribution in [3.05, 3.63) is 40.4 Å². The molecule has 2 aromatic rings. The third-order valence-corrected chi connectivity index (χ3v) is 2.90. The quantitative estimate of drug-likeness (QED) is 0.654. The summed E-state index contributed by atoms with van der Waals surface area (Å²) in [6.45, 7) is 0. The molecule has 0 radical (unpaired) electrons. The first-order valence-corrected chi connectivity index (χ1v) is 5.88. The minimum atomic E-state index is -4.55. The topological polar surface area (TPSA) is 63.8 Å². The standard InChI is InChI=1S/C11H8BrF3N4/c12-7-3-1-6(2-4-7)9-5-8(11(13,14)15)10(17-16)19-18-9/h1-5H,16H2,(H,17,19). The monoisotopic (exact) mass is 332 g/mol. The summed E-state index contributed by atoms with van der Waals surface area (Å²) < 4.78 is 39.3. The Bertz CT molecular complexity index is 583. The molecule has 100 valence electrons. The maximum atomic E-state index is 12.8. The molecular formula is C11H8BrF3N4. The van der Waals surface area contributed by atoms with Gasteiger partial charge in [-0.15, -0.1) is 10.2 Å². The van der Waals surface area contributed by atoms with Gasteiger partial charge >= 0.3 is 6.18 Å². The van der Waals surface area contributed by atoms with Crippen molar-refractivity contribution < 1.29 is 13.2 Å². The highest BCUT2D eigenvalue weighted by Crippen LogP contribution is 2.35. The molecule has 0 unspecified atom stereocenters. The van der Waals surface area contributed by atoms with Crippen LogP contribution in [0.25, 0.3) is 11.3 Å². The van der Waals surface area contributed by atoms with Gasteiger partial charge in [0.2, 0.25) is 0 Å². The first-order chi connectivity index (χ1) is 8.91. The first-order valence-electron chi connectivity index (χ1n) is 5.09. The summed E-state index contributed by atoms with van der Waals surface area (Å²) in [7, 11) is 0. The van der Waals surface area contributed by atoms with Crippen molar-refractivity contribution in [3.63, 3.8) is 0 Å². The summed E-state index contributed by atoms with van der Waals surface area (Å²) in [6.07, 6.45) is -4.55. The van der Waals surface area contributed by atoms with Gasteiger partial charge in [-0.25, -0.2) is 5.84 Å². The third-order valence-electron chi connectivity index (χ3n) is 2.38. The van der Waals surface area contributed by atoms with Gasteiger partial charge in [0.05, 0.1) is 5.69 Å². The summed E-state index contributed by atoms with van der Waals surface area (Å²) in [6, 6.07) is 7.61. The summed E-state index contributed by atoms with van der Waals surface area (Å²) in [4.78, 5) is 0. The maximum absolute atomic E-state index is 12.8. The number of nitrogen functional groups attached to an aromatic ring is 1. The fourth-order valence-corrected chi connectivity index (χ4v) is 1.74. The van der Waals surface area contributed by atoms with Crippen molar-refractivity contribution in [1.29, 1.82) is 0 Å². The molecule has 1 heterocycles. The average Bonchev–Trinajstić information content (AvgIpc) is 2.38. The van der Waals surface area contributed by atoms with Gasteiger partial charge < -0.3 is 5.43 Å². The molecule has 0 aliphatic heterocycles. The van der Waals surface area contributed by atoms with E-state index in [1.807, 2.05) is 5.43 Å². The van der Waals surface area contributed by atoms with Crippen molar-refractivity contribution in [2.75, 3.05) is 5.43 Å². The lowest BCUT2D eigenvalue weighted by atomic mass is 10.1. The fourth-order valence-electron chi connectivity index (χ4n) is 1.48. The van der Waals surface area contributed by atoms with Crippen LogP contribution in [0.15, 0.2) is 34.8 Å². The van der Waals surface area contributed by atoms with Gasteiger partial charge in [0.25, 0.3) is 0 Å². The van der Waals surface area contributed by atoms with Crippen LogP contribution in [-0.4, -0.2) is 10.2 Å². The molecule has 4 nitrogen and oxygen atoms in total. The second-order valence-electron chi connectivity index (χ2n) is 3.64. The van der Waals surface area contributed by atoms with Crippen molar-refractivity contribution >= 4 is 21.7 Å².